The predicted molar refractivity (Wildman–Crippen MR) is 71.7 cm³/mol. The standard InChI is InChI=1S/C12H18N4O3/c1-4-8(2)7-15(3)12(17)10-5-9(16(18)19)6-14-11(10)13/h5-6,8H,4,7H2,1-3H3,(H2,13,14). The fourth-order valence-corrected chi connectivity index (χ4v) is 1.62. The maximum Gasteiger partial charge on any atom is 0.288 e. The number of hydrogen-bond donors (Lipinski definition) is 1. The summed E-state index contributed by atoms with van der Waals surface area (Å²) in [5.41, 5.74) is 5.44. The molecule has 0 saturated heterocycles. The third-order valence-corrected chi connectivity index (χ3v) is 2.97. The van der Waals surface area contributed by atoms with E-state index in [0.717, 1.165) is 18.7 Å². The van der Waals surface area contributed by atoms with Crippen LogP contribution in [0, 0.1) is 16.0 Å². The van der Waals surface area contributed by atoms with Gasteiger partial charge in [-0.05, 0) is 5.92 Å². The summed E-state index contributed by atoms with van der Waals surface area (Å²) in [6, 6.07) is 1.16. The molecule has 7 nitrogen and oxygen atoms in total. The Morgan fingerprint density at radius 3 is 2.79 bits per heavy atom. The monoisotopic (exact) mass is 266 g/mol. The van der Waals surface area contributed by atoms with Crippen LogP contribution in [0.15, 0.2) is 12.3 Å². The summed E-state index contributed by atoms with van der Waals surface area (Å²) in [6.07, 6.45) is 1.99. The maximum atomic E-state index is 12.2. The average molecular weight is 266 g/mol. The molecule has 0 radical (unpaired) electrons. The first-order valence-corrected chi connectivity index (χ1v) is 6.02. The van der Waals surface area contributed by atoms with Gasteiger partial charge in [0.15, 0.2) is 0 Å². The van der Waals surface area contributed by atoms with E-state index in [1.165, 1.54) is 4.90 Å². The van der Waals surface area contributed by atoms with Gasteiger partial charge in [-0.2, -0.15) is 0 Å². The number of nitrogen functional groups attached to an aromatic ring is 1. The zero-order valence-electron chi connectivity index (χ0n) is 11.3. The van der Waals surface area contributed by atoms with E-state index in [1.54, 1.807) is 7.05 Å². The van der Waals surface area contributed by atoms with E-state index in [4.69, 9.17) is 5.73 Å². The van der Waals surface area contributed by atoms with Crippen LogP contribution in [0.25, 0.3) is 0 Å². The lowest BCUT2D eigenvalue weighted by molar-refractivity contribution is -0.385. The van der Waals surface area contributed by atoms with Gasteiger partial charge in [0.25, 0.3) is 11.6 Å². The molecular weight excluding hydrogens is 248 g/mol. The second kappa shape index (κ2) is 6.12. The molecule has 0 saturated carbocycles. The minimum atomic E-state index is -0.599. The second-order valence-electron chi connectivity index (χ2n) is 4.58. The molecule has 104 valence electrons. The van der Waals surface area contributed by atoms with E-state index >= 15 is 0 Å². The van der Waals surface area contributed by atoms with Crippen molar-refractivity contribution in [3.63, 3.8) is 0 Å². The number of anilines is 1. The lowest BCUT2D eigenvalue weighted by Crippen LogP contribution is -2.31. The first-order chi connectivity index (χ1) is 8.86. The van der Waals surface area contributed by atoms with E-state index in [2.05, 4.69) is 4.98 Å². The van der Waals surface area contributed by atoms with Crippen molar-refractivity contribution in [3.05, 3.63) is 27.9 Å². The minimum Gasteiger partial charge on any atom is -0.383 e. The van der Waals surface area contributed by atoms with Crippen molar-refractivity contribution in [2.45, 2.75) is 20.3 Å². The van der Waals surface area contributed by atoms with Crippen molar-refractivity contribution < 1.29 is 9.72 Å². The van der Waals surface area contributed by atoms with Gasteiger partial charge < -0.3 is 10.6 Å². The van der Waals surface area contributed by atoms with Gasteiger partial charge in [-0.3, -0.25) is 14.9 Å². The highest BCUT2D eigenvalue weighted by Gasteiger charge is 2.20. The topological polar surface area (TPSA) is 102 Å². The van der Waals surface area contributed by atoms with Gasteiger partial charge in [0.2, 0.25) is 0 Å². The molecule has 1 aromatic heterocycles. The van der Waals surface area contributed by atoms with Crippen molar-refractivity contribution in [2.24, 2.45) is 5.92 Å². The quantitative estimate of drug-likeness (QED) is 0.645. The molecular formula is C12H18N4O3. The molecule has 1 unspecified atom stereocenters. The molecule has 0 aliphatic rings. The molecule has 2 N–H and O–H groups in total. The van der Waals surface area contributed by atoms with Crippen molar-refractivity contribution in [2.75, 3.05) is 19.3 Å². The van der Waals surface area contributed by atoms with Crippen molar-refractivity contribution >= 4 is 17.4 Å². The number of nitrogens with zero attached hydrogens (tertiary/aromatic N) is 3. The molecule has 19 heavy (non-hydrogen) atoms. The zero-order chi connectivity index (χ0) is 14.6. The smallest absolute Gasteiger partial charge is 0.288 e. The number of amides is 1. The predicted octanol–water partition coefficient (Wildman–Crippen LogP) is 1.69. The Morgan fingerprint density at radius 2 is 2.26 bits per heavy atom. The number of nitro groups is 1. The van der Waals surface area contributed by atoms with Gasteiger partial charge in [-0.25, -0.2) is 4.98 Å². The Hall–Kier alpha value is -2.18. The Bertz CT molecular complexity index is 490. The van der Waals surface area contributed by atoms with Crippen LogP contribution in [-0.4, -0.2) is 34.3 Å². The van der Waals surface area contributed by atoms with Crippen LogP contribution in [0.5, 0.6) is 0 Å². The average Bonchev–Trinajstić information content (AvgIpc) is 2.37. The summed E-state index contributed by atoms with van der Waals surface area (Å²) in [5, 5.41) is 10.7. The molecule has 0 fully saturated rings. The number of hydrogen-bond acceptors (Lipinski definition) is 5. The molecule has 0 aliphatic heterocycles. The number of pyridine rings is 1. The van der Waals surface area contributed by atoms with E-state index in [1.807, 2.05) is 13.8 Å². The maximum absolute atomic E-state index is 12.2. The summed E-state index contributed by atoms with van der Waals surface area (Å²) in [7, 11) is 1.65. The van der Waals surface area contributed by atoms with Crippen LogP contribution in [0.3, 0.4) is 0 Å². The molecule has 1 heterocycles. The fraction of sp³-hybridized carbons (Fsp3) is 0.500. The SMILES string of the molecule is CCC(C)CN(C)C(=O)c1cc([N+](=O)[O-])cnc1N. The number of nitrogens with two attached hydrogens (primary N) is 1. The van der Waals surface area contributed by atoms with Gasteiger partial charge in [0.1, 0.15) is 12.0 Å². The summed E-state index contributed by atoms with van der Waals surface area (Å²) in [5.74, 6) is 0.00225. The van der Waals surface area contributed by atoms with Crippen LogP contribution in [0.1, 0.15) is 30.6 Å². The Kier molecular flexibility index (Phi) is 4.80. The molecule has 0 aliphatic carbocycles. The van der Waals surface area contributed by atoms with Crippen LogP contribution in [0.2, 0.25) is 0 Å². The molecule has 0 bridgehead atoms. The molecule has 1 atom stereocenters. The Morgan fingerprint density at radius 1 is 1.63 bits per heavy atom. The molecule has 1 aromatic rings. The number of carbonyl (C=O) groups excluding carboxylic acids is 1. The van der Waals surface area contributed by atoms with Crippen LogP contribution in [0.4, 0.5) is 11.5 Å². The first-order valence-electron chi connectivity index (χ1n) is 6.02. The molecule has 7 heteroatoms. The molecule has 1 amide bonds. The summed E-state index contributed by atoms with van der Waals surface area (Å²) in [4.78, 5) is 27.5. The molecule has 1 rings (SSSR count). The largest absolute Gasteiger partial charge is 0.383 e. The molecule has 0 aromatic carbocycles. The summed E-state index contributed by atoms with van der Waals surface area (Å²) >= 11 is 0. The summed E-state index contributed by atoms with van der Waals surface area (Å²) < 4.78 is 0. The Balaban J connectivity index is 2.98. The third kappa shape index (κ3) is 3.64. The lowest BCUT2D eigenvalue weighted by Gasteiger charge is -2.21. The highest BCUT2D eigenvalue weighted by atomic mass is 16.6. The first kappa shape index (κ1) is 14.9. The number of rotatable bonds is 5. The van der Waals surface area contributed by atoms with Gasteiger partial charge in [0, 0.05) is 19.7 Å². The van der Waals surface area contributed by atoms with Gasteiger partial charge in [0.05, 0.1) is 10.5 Å². The Labute approximate surface area is 111 Å². The van der Waals surface area contributed by atoms with Gasteiger partial charge in [-0.1, -0.05) is 20.3 Å². The van der Waals surface area contributed by atoms with E-state index in [9.17, 15) is 14.9 Å². The summed E-state index contributed by atoms with van der Waals surface area (Å²) in [6.45, 7) is 4.63. The number of carbonyl (C=O) groups is 1. The molecule has 0 spiro atoms. The van der Waals surface area contributed by atoms with E-state index in [0.29, 0.717) is 12.5 Å². The minimum absolute atomic E-state index is 0.00611. The van der Waals surface area contributed by atoms with Crippen molar-refractivity contribution in [1.82, 2.24) is 9.88 Å². The zero-order valence-corrected chi connectivity index (χ0v) is 11.3. The van der Waals surface area contributed by atoms with Crippen LogP contribution in [-0.2, 0) is 0 Å². The fourth-order valence-electron chi connectivity index (χ4n) is 1.62. The normalized spacial score (nSPS) is 11.9. The van der Waals surface area contributed by atoms with Crippen LogP contribution >= 0.6 is 0 Å². The third-order valence-electron chi connectivity index (χ3n) is 2.97. The van der Waals surface area contributed by atoms with Crippen molar-refractivity contribution in [1.29, 1.82) is 0 Å². The highest BCUT2D eigenvalue weighted by molar-refractivity contribution is 5.98. The highest BCUT2D eigenvalue weighted by Crippen LogP contribution is 2.18. The second-order valence-corrected chi connectivity index (χ2v) is 4.58. The van der Waals surface area contributed by atoms with Gasteiger partial charge in [-0.15, -0.1) is 0 Å². The van der Waals surface area contributed by atoms with Crippen LogP contribution < -0.4 is 5.73 Å². The number of aromatic nitrogens is 1. The van der Waals surface area contributed by atoms with Gasteiger partial charge >= 0.3 is 0 Å². The lowest BCUT2D eigenvalue weighted by atomic mass is 10.1. The van der Waals surface area contributed by atoms with E-state index < -0.39 is 4.92 Å². The van der Waals surface area contributed by atoms with E-state index in [-0.39, 0.29) is 23.0 Å². The van der Waals surface area contributed by atoms with Crippen molar-refractivity contribution in [3.8, 4) is 0 Å².